The molecule has 2 saturated heterocycles. The summed E-state index contributed by atoms with van der Waals surface area (Å²) >= 11 is 0. The number of nitrogens with one attached hydrogen (secondary N) is 1. The molecule has 5 nitrogen and oxygen atoms in total. The molecule has 1 aromatic heterocycles. The van der Waals surface area contributed by atoms with Crippen molar-refractivity contribution in [3.63, 3.8) is 0 Å². The summed E-state index contributed by atoms with van der Waals surface area (Å²) in [7, 11) is -0.988. The number of hydrogen-bond donors (Lipinski definition) is 1. The Morgan fingerprint density at radius 1 is 1.19 bits per heavy atom. The molecule has 7 heteroatoms. The summed E-state index contributed by atoms with van der Waals surface area (Å²) in [5.74, 6) is 0.498. The van der Waals surface area contributed by atoms with Gasteiger partial charge in [-0.3, -0.25) is 5.10 Å². The maximum Gasteiger partial charge on any atom is 0.525 e. The highest BCUT2D eigenvalue weighted by molar-refractivity contribution is 6.54. The normalized spacial score (nSPS) is 23.8. The van der Waals surface area contributed by atoms with Gasteiger partial charge in [-0.25, -0.2) is 4.39 Å². The van der Waals surface area contributed by atoms with E-state index in [1.54, 1.807) is 6.08 Å². The third-order valence-corrected chi connectivity index (χ3v) is 5.80. The van der Waals surface area contributed by atoms with Crippen molar-refractivity contribution in [2.75, 3.05) is 13.2 Å². The van der Waals surface area contributed by atoms with Gasteiger partial charge in [0.1, 0.15) is 5.73 Å². The Balaban J connectivity index is 1.92. The third kappa shape index (κ3) is 3.62. The van der Waals surface area contributed by atoms with Gasteiger partial charge in [-0.05, 0) is 52.5 Å². The Labute approximate surface area is 155 Å². The Kier molecular flexibility index (Phi) is 5.34. The summed E-state index contributed by atoms with van der Waals surface area (Å²) in [6.07, 6.45) is 3.38. The second kappa shape index (κ2) is 7.10. The van der Waals surface area contributed by atoms with Gasteiger partial charge in [-0.15, -0.1) is 0 Å². The van der Waals surface area contributed by atoms with E-state index in [0.717, 1.165) is 43.0 Å². The van der Waals surface area contributed by atoms with Crippen LogP contribution in [-0.4, -0.2) is 41.7 Å². The van der Waals surface area contributed by atoms with Gasteiger partial charge in [-0.1, -0.05) is 13.8 Å². The topological polar surface area (TPSA) is 56.4 Å². The number of rotatable bonds is 4. The van der Waals surface area contributed by atoms with Gasteiger partial charge >= 0.3 is 7.12 Å². The zero-order chi connectivity index (χ0) is 19.1. The zero-order valence-corrected chi connectivity index (χ0v) is 16.7. The second-order valence-corrected chi connectivity index (χ2v) is 8.60. The standard InChI is InChI=1S/C19H30BFN2O3/c1-12(2)16-14(17(23-22-16)13-7-9-24-10-8-13)11-15(21)20-25-18(3,4)19(5,6)26-20/h11-13H,7-10H2,1-6H3,(H,22,23). The first-order valence-electron chi connectivity index (χ1n) is 9.51. The maximum atomic E-state index is 15.1. The molecule has 0 bridgehead atoms. The van der Waals surface area contributed by atoms with E-state index in [2.05, 4.69) is 24.0 Å². The number of hydrogen-bond acceptors (Lipinski definition) is 4. The zero-order valence-electron chi connectivity index (χ0n) is 16.7. The molecule has 0 aromatic carbocycles. The molecule has 0 amide bonds. The highest BCUT2D eigenvalue weighted by atomic mass is 19.1. The lowest BCUT2D eigenvalue weighted by atomic mass is 9.84. The number of aromatic amines is 1. The number of H-pyrrole nitrogens is 1. The predicted octanol–water partition coefficient (Wildman–Crippen LogP) is 4.37. The Morgan fingerprint density at radius 3 is 2.31 bits per heavy atom. The first-order chi connectivity index (χ1) is 12.1. The number of ether oxygens (including phenoxy) is 1. The molecule has 26 heavy (non-hydrogen) atoms. The first-order valence-corrected chi connectivity index (χ1v) is 9.51. The SMILES string of the molecule is CC(C)c1n[nH]c(C2CCOCC2)c1C=C(F)B1OC(C)(C)C(C)(C)O1. The molecular weight excluding hydrogens is 334 g/mol. The maximum absolute atomic E-state index is 15.1. The summed E-state index contributed by atoms with van der Waals surface area (Å²) in [6, 6.07) is 0. The molecule has 2 aliphatic heterocycles. The minimum absolute atomic E-state index is 0.192. The van der Waals surface area contributed by atoms with Gasteiger partial charge < -0.3 is 14.0 Å². The minimum Gasteiger partial charge on any atom is -0.398 e. The average Bonchev–Trinajstić information content (AvgIpc) is 3.07. The van der Waals surface area contributed by atoms with Crippen molar-refractivity contribution in [1.82, 2.24) is 10.2 Å². The van der Waals surface area contributed by atoms with Crippen molar-refractivity contribution in [3.8, 4) is 0 Å². The molecule has 0 aliphatic carbocycles. The molecule has 1 N–H and O–H groups in total. The van der Waals surface area contributed by atoms with Gasteiger partial charge in [0.2, 0.25) is 0 Å². The molecule has 3 rings (SSSR count). The summed E-state index contributed by atoms with van der Waals surface area (Å²) in [4.78, 5) is 0. The van der Waals surface area contributed by atoms with E-state index in [1.165, 1.54) is 0 Å². The highest BCUT2D eigenvalue weighted by Gasteiger charge is 2.53. The first kappa shape index (κ1) is 19.6. The molecule has 144 valence electrons. The van der Waals surface area contributed by atoms with Gasteiger partial charge in [0.25, 0.3) is 0 Å². The lowest BCUT2D eigenvalue weighted by Gasteiger charge is -2.32. The molecule has 3 heterocycles. The molecule has 0 atom stereocenters. The van der Waals surface area contributed by atoms with Crippen LogP contribution in [-0.2, 0) is 14.0 Å². The van der Waals surface area contributed by atoms with Crippen molar-refractivity contribution in [1.29, 1.82) is 0 Å². The third-order valence-electron chi connectivity index (χ3n) is 5.80. The fourth-order valence-corrected chi connectivity index (χ4v) is 3.43. The molecule has 2 fully saturated rings. The molecule has 0 saturated carbocycles. The molecule has 0 spiro atoms. The van der Waals surface area contributed by atoms with Crippen LogP contribution in [0.4, 0.5) is 4.39 Å². The summed E-state index contributed by atoms with van der Waals surface area (Å²) in [5, 5.41) is 7.62. The number of nitrogens with zero attached hydrogens (tertiary/aromatic N) is 1. The van der Waals surface area contributed by atoms with E-state index in [4.69, 9.17) is 14.0 Å². The summed E-state index contributed by atoms with van der Waals surface area (Å²) < 4.78 is 32.2. The molecule has 1 aromatic rings. The van der Waals surface area contributed by atoms with Crippen molar-refractivity contribution in [2.45, 2.75) is 77.4 Å². The average molecular weight is 364 g/mol. The fraction of sp³-hybridized carbons (Fsp3) is 0.737. The van der Waals surface area contributed by atoms with Crippen molar-refractivity contribution < 1.29 is 18.4 Å². The van der Waals surface area contributed by atoms with Crippen LogP contribution < -0.4 is 0 Å². The fourth-order valence-electron chi connectivity index (χ4n) is 3.43. The van der Waals surface area contributed by atoms with Gasteiger partial charge in [0.15, 0.2) is 0 Å². The van der Waals surface area contributed by atoms with Crippen LogP contribution in [0.5, 0.6) is 0 Å². The minimum atomic E-state index is -0.988. The van der Waals surface area contributed by atoms with Crippen molar-refractivity contribution in [2.24, 2.45) is 0 Å². The van der Waals surface area contributed by atoms with E-state index in [-0.39, 0.29) is 5.92 Å². The number of aromatic nitrogens is 2. The second-order valence-electron chi connectivity index (χ2n) is 8.60. The number of halogens is 1. The van der Waals surface area contributed by atoms with E-state index >= 15 is 4.39 Å². The molecule has 2 aliphatic rings. The van der Waals surface area contributed by atoms with E-state index in [0.29, 0.717) is 5.92 Å². The lowest BCUT2D eigenvalue weighted by molar-refractivity contribution is 0.00578. The van der Waals surface area contributed by atoms with E-state index < -0.39 is 24.0 Å². The Morgan fingerprint density at radius 2 is 1.77 bits per heavy atom. The van der Waals surface area contributed by atoms with E-state index in [1.807, 2.05) is 27.7 Å². The smallest absolute Gasteiger partial charge is 0.398 e. The largest absolute Gasteiger partial charge is 0.525 e. The van der Waals surface area contributed by atoms with E-state index in [9.17, 15) is 0 Å². The van der Waals surface area contributed by atoms with Gasteiger partial charge in [0.05, 0.1) is 16.9 Å². The van der Waals surface area contributed by atoms with Crippen LogP contribution in [0.25, 0.3) is 6.08 Å². The van der Waals surface area contributed by atoms with Crippen molar-refractivity contribution >= 4 is 13.2 Å². The summed E-state index contributed by atoms with van der Waals surface area (Å²) in [6.45, 7) is 13.3. The lowest BCUT2D eigenvalue weighted by Crippen LogP contribution is -2.41. The Hall–Kier alpha value is -1.18. The van der Waals surface area contributed by atoms with Crippen molar-refractivity contribution in [3.05, 3.63) is 22.7 Å². The van der Waals surface area contributed by atoms with Crippen LogP contribution in [0.3, 0.4) is 0 Å². The van der Waals surface area contributed by atoms with Crippen LogP contribution in [0.2, 0.25) is 0 Å². The highest BCUT2D eigenvalue weighted by Crippen LogP contribution is 2.40. The quantitative estimate of drug-likeness (QED) is 0.806. The monoisotopic (exact) mass is 364 g/mol. The van der Waals surface area contributed by atoms with Gasteiger partial charge in [0, 0.05) is 30.4 Å². The van der Waals surface area contributed by atoms with Gasteiger partial charge in [-0.2, -0.15) is 5.10 Å². The molecular formula is C19H30BFN2O3. The van der Waals surface area contributed by atoms with Crippen LogP contribution >= 0.6 is 0 Å². The predicted molar refractivity (Wildman–Crippen MR) is 101 cm³/mol. The Bertz CT molecular complexity index is 662. The van der Waals surface area contributed by atoms with Crippen LogP contribution in [0, 0.1) is 0 Å². The van der Waals surface area contributed by atoms with Crippen LogP contribution in [0.15, 0.2) is 5.73 Å². The summed E-state index contributed by atoms with van der Waals surface area (Å²) in [5.41, 5.74) is 1.15. The molecule has 0 unspecified atom stereocenters. The van der Waals surface area contributed by atoms with Crippen LogP contribution in [0.1, 0.15) is 83.2 Å². The molecule has 0 radical (unpaired) electrons.